The maximum atomic E-state index is 6.47. The quantitative estimate of drug-likeness (QED) is 0.378. The molecule has 0 aliphatic carbocycles. The first-order valence-electron chi connectivity index (χ1n) is 9.73. The molecule has 5 heteroatoms. The summed E-state index contributed by atoms with van der Waals surface area (Å²) in [5, 5.41) is 0.140. The molecule has 1 aliphatic heterocycles. The molecule has 0 N–H and O–H groups in total. The standard InChI is InChI=1S/C22H32O3SSi/c1-8-22(16(2)14-15-27(5,6)7)17(3)20(18(4)25-22)24-21(26)23-19-12-10-9-11-13-19/h9-13,16-18,20H,8H2,1-7H3/t16?,17-,18+,20-,22-/m1/s1. The summed E-state index contributed by atoms with van der Waals surface area (Å²) in [6.45, 7) is 15.3. The predicted molar refractivity (Wildman–Crippen MR) is 118 cm³/mol. The molecular formula is C22H32O3SSi. The fourth-order valence-corrected chi connectivity index (χ4v) is 4.63. The van der Waals surface area contributed by atoms with Crippen LogP contribution in [0.2, 0.25) is 19.6 Å². The van der Waals surface area contributed by atoms with E-state index in [0.29, 0.717) is 5.75 Å². The Bertz CT molecular complexity index is 704. The molecule has 2 rings (SSSR count). The number of hydrogen-bond donors (Lipinski definition) is 0. The van der Waals surface area contributed by atoms with E-state index in [9.17, 15) is 0 Å². The van der Waals surface area contributed by atoms with Crippen LogP contribution in [0.5, 0.6) is 5.75 Å². The molecule has 1 aromatic carbocycles. The third kappa shape index (κ3) is 5.34. The van der Waals surface area contributed by atoms with Gasteiger partial charge in [-0.25, -0.2) is 0 Å². The minimum absolute atomic E-state index is 0.0756. The Hall–Kier alpha value is -1.35. The van der Waals surface area contributed by atoms with Crippen molar-refractivity contribution in [2.24, 2.45) is 11.8 Å². The van der Waals surface area contributed by atoms with Gasteiger partial charge in [-0.2, -0.15) is 0 Å². The maximum absolute atomic E-state index is 6.47. The predicted octanol–water partition coefficient (Wildman–Crippen LogP) is 5.46. The Morgan fingerprint density at radius 3 is 2.44 bits per heavy atom. The highest BCUT2D eigenvalue weighted by Gasteiger charge is 2.54. The topological polar surface area (TPSA) is 27.7 Å². The summed E-state index contributed by atoms with van der Waals surface area (Å²) in [5.74, 6) is 4.45. The number of thiocarbonyl (C=S) groups is 1. The van der Waals surface area contributed by atoms with E-state index in [1.165, 1.54) is 0 Å². The van der Waals surface area contributed by atoms with Crippen molar-refractivity contribution < 1.29 is 14.2 Å². The zero-order valence-corrected chi connectivity index (χ0v) is 19.4. The molecule has 1 aliphatic rings. The van der Waals surface area contributed by atoms with E-state index in [-0.39, 0.29) is 34.9 Å². The molecule has 0 spiro atoms. The Morgan fingerprint density at radius 1 is 1.26 bits per heavy atom. The van der Waals surface area contributed by atoms with Crippen LogP contribution in [0.4, 0.5) is 0 Å². The molecule has 0 saturated carbocycles. The minimum Gasteiger partial charge on any atom is -0.450 e. The van der Waals surface area contributed by atoms with Gasteiger partial charge in [0.1, 0.15) is 19.9 Å². The third-order valence-electron chi connectivity index (χ3n) is 5.26. The molecule has 1 saturated heterocycles. The summed E-state index contributed by atoms with van der Waals surface area (Å²) >= 11 is 5.33. The van der Waals surface area contributed by atoms with Crippen molar-refractivity contribution in [3.05, 3.63) is 30.3 Å². The Morgan fingerprint density at radius 2 is 1.89 bits per heavy atom. The second kappa shape index (κ2) is 8.77. The van der Waals surface area contributed by atoms with Gasteiger partial charge in [-0.3, -0.25) is 0 Å². The van der Waals surface area contributed by atoms with Gasteiger partial charge >= 0.3 is 5.24 Å². The SMILES string of the molecule is CC[C@]1(C(C)C#C[Si](C)(C)C)O[C@@H](C)[C@H](OC(=S)Oc2ccccc2)[C@H]1C. The normalized spacial score (nSPS) is 28.8. The first-order valence-corrected chi connectivity index (χ1v) is 13.6. The molecule has 5 atom stereocenters. The average Bonchev–Trinajstić information content (AvgIpc) is 2.85. The monoisotopic (exact) mass is 404 g/mol. The van der Waals surface area contributed by atoms with Crippen LogP contribution in [0.25, 0.3) is 0 Å². The average molecular weight is 405 g/mol. The number of hydrogen-bond acceptors (Lipinski definition) is 4. The lowest BCUT2D eigenvalue weighted by atomic mass is 9.76. The largest absolute Gasteiger partial charge is 0.450 e. The molecule has 148 valence electrons. The molecule has 1 heterocycles. The molecule has 1 aromatic rings. The summed E-state index contributed by atoms with van der Waals surface area (Å²) in [7, 11) is -1.43. The summed E-state index contributed by atoms with van der Waals surface area (Å²) in [4.78, 5) is 0. The second-order valence-electron chi connectivity index (χ2n) is 8.41. The van der Waals surface area contributed by atoms with Gasteiger partial charge in [-0.05, 0) is 32.4 Å². The van der Waals surface area contributed by atoms with E-state index in [4.69, 9.17) is 26.4 Å². The Kier molecular flexibility index (Phi) is 7.13. The first-order chi connectivity index (χ1) is 12.6. The van der Waals surface area contributed by atoms with Gasteiger partial charge in [0.2, 0.25) is 0 Å². The van der Waals surface area contributed by atoms with E-state index in [1.807, 2.05) is 37.3 Å². The number of rotatable bonds is 4. The lowest BCUT2D eigenvalue weighted by molar-refractivity contribution is -0.0763. The van der Waals surface area contributed by atoms with Crippen molar-refractivity contribution in [2.45, 2.75) is 71.6 Å². The van der Waals surface area contributed by atoms with E-state index in [2.05, 4.69) is 51.9 Å². The van der Waals surface area contributed by atoms with Crippen LogP contribution in [0.1, 0.15) is 34.1 Å². The molecule has 0 amide bonds. The fourth-order valence-electron chi connectivity index (χ4n) is 3.78. The number of para-hydroxylation sites is 1. The lowest BCUT2D eigenvalue weighted by Gasteiger charge is -2.36. The van der Waals surface area contributed by atoms with Gasteiger partial charge in [0.05, 0.1) is 11.7 Å². The smallest absolute Gasteiger partial charge is 0.358 e. The molecule has 0 aromatic heterocycles. The van der Waals surface area contributed by atoms with Gasteiger partial charge in [0.25, 0.3) is 0 Å². The van der Waals surface area contributed by atoms with Crippen molar-refractivity contribution >= 4 is 25.5 Å². The van der Waals surface area contributed by atoms with Crippen LogP contribution in [0.3, 0.4) is 0 Å². The molecule has 1 fully saturated rings. The zero-order chi connectivity index (χ0) is 20.2. The first kappa shape index (κ1) is 21.9. The Balaban J connectivity index is 2.13. The van der Waals surface area contributed by atoms with Crippen molar-refractivity contribution in [1.82, 2.24) is 0 Å². The van der Waals surface area contributed by atoms with E-state index < -0.39 is 8.07 Å². The zero-order valence-electron chi connectivity index (χ0n) is 17.5. The van der Waals surface area contributed by atoms with Crippen LogP contribution < -0.4 is 4.74 Å². The van der Waals surface area contributed by atoms with Gasteiger partial charge in [-0.1, -0.05) is 51.7 Å². The Labute approximate surface area is 170 Å². The maximum Gasteiger partial charge on any atom is 0.358 e. The lowest BCUT2D eigenvalue weighted by Crippen LogP contribution is -2.43. The van der Waals surface area contributed by atoms with Gasteiger partial charge in [0.15, 0.2) is 0 Å². The molecule has 1 unspecified atom stereocenters. The molecule has 3 nitrogen and oxygen atoms in total. The number of benzene rings is 1. The van der Waals surface area contributed by atoms with Crippen LogP contribution in [0.15, 0.2) is 30.3 Å². The van der Waals surface area contributed by atoms with Crippen LogP contribution in [0, 0.1) is 23.3 Å². The van der Waals surface area contributed by atoms with E-state index >= 15 is 0 Å². The van der Waals surface area contributed by atoms with Crippen molar-refractivity contribution in [1.29, 1.82) is 0 Å². The summed E-state index contributed by atoms with van der Waals surface area (Å²) in [5.41, 5.74) is 3.16. The molecule has 0 bridgehead atoms. The van der Waals surface area contributed by atoms with Crippen molar-refractivity contribution in [3.63, 3.8) is 0 Å². The van der Waals surface area contributed by atoms with Crippen LogP contribution in [-0.2, 0) is 9.47 Å². The van der Waals surface area contributed by atoms with Crippen molar-refractivity contribution in [3.8, 4) is 17.2 Å². The van der Waals surface area contributed by atoms with E-state index in [1.54, 1.807) is 0 Å². The molecule has 0 radical (unpaired) electrons. The highest BCUT2D eigenvalue weighted by Crippen LogP contribution is 2.45. The van der Waals surface area contributed by atoms with E-state index in [0.717, 1.165) is 6.42 Å². The second-order valence-corrected chi connectivity index (χ2v) is 13.5. The van der Waals surface area contributed by atoms with Crippen molar-refractivity contribution in [2.75, 3.05) is 0 Å². The van der Waals surface area contributed by atoms with Gasteiger partial charge in [0, 0.05) is 24.1 Å². The summed E-state index contributed by atoms with van der Waals surface area (Å²) < 4.78 is 18.2. The number of ether oxygens (including phenoxy) is 3. The van der Waals surface area contributed by atoms with Gasteiger partial charge < -0.3 is 14.2 Å². The highest BCUT2D eigenvalue weighted by atomic mass is 32.1. The highest BCUT2D eigenvalue weighted by molar-refractivity contribution is 7.79. The summed E-state index contributed by atoms with van der Waals surface area (Å²) in [6, 6.07) is 9.46. The van der Waals surface area contributed by atoms with Crippen LogP contribution >= 0.6 is 12.2 Å². The third-order valence-corrected chi connectivity index (χ3v) is 6.33. The molecular weight excluding hydrogens is 372 g/mol. The van der Waals surface area contributed by atoms with Gasteiger partial charge in [-0.15, -0.1) is 11.5 Å². The van der Waals surface area contributed by atoms with Crippen LogP contribution in [-0.4, -0.2) is 31.1 Å². The fraction of sp³-hybridized carbons (Fsp3) is 0.591. The summed E-state index contributed by atoms with van der Waals surface area (Å²) in [6.07, 6.45) is 0.650. The molecule has 27 heavy (non-hydrogen) atoms. The minimum atomic E-state index is -1.43.